The summed E-state index contributed by atoms with van der Waals surface area (Å²) in [4.78, 5) is 22.4. The van der Waals surface area contributed by atoms with Gasteiger partial charge in [-0.05, 0) is 11.6 Å². The second kappa shape index (κ2) is 4.92. The molecule has 2 nitrogen and oxygen atoms in total. The molecule has 0 atom stereocenters. The molecule has 0 spiro atoms. The SMILES string of the molecule is CC(=O)C(=O)c1ccc(-c2ccccc2F)cc1. The fraction of sp³-hybridized carbons (Fsp3) is 0.0667. The molecule has 0 aliphatic heterocycles. The Labute approximate surface area is 104 Å². The number of carbonyl (C=O) groups is 2. The Morgan fingerprint density at radius 1 is 0.944 bits per heavy atom. The van der Waals surface area contributed by atoms with Crippen LogP contribution in [-0.4, -0.2) is 11.6 Å². The summed E-state index contributed by atoms with van der Waals surface area (Å²) in [7, 11) is 0. The predicted octanol–water partition coefficient (Wildman–Crippen LogP) is 3.26. The molecule has 0 aromatic heterocycles. The smallest absolute Gasteiger partial charge is 0.228 e. The maximum atomic E-state index is 13.5. The fourth-order valence-corrected chi connectivity index (χ4v) is 1.70. The maximum Gasteiger partial charge on any atom is 0.228 e. The van der Waals surface area contributed by atoms with E-state index in [1.54, 1.807) is 30.3 Å². The van der Waals surface area contributed by atoms with Crippen molar-refractivity contribution < 1.29 is 14.0 Å². The summed E-state index contributed by atoms with van der Waals surface area (Å²) in [5.41, 5.74) is 1.47. The van der Waals surface area contributed by atoms with E-state index in [0.717, 1.165) is 0 Å². The molecular formula is C15H11FO2. The third-order valence-electron chi connectivity index (χ3n) is 2.65. The van der Waals surface area contributed by atoms with Crippen LogP contribution in [0.5, 0.6) is 0 Å². The first-order valence-corrected chi connectivity index (χ1v) is 5.50. The molecule has 18 heavy (non-hydrogen) atoms. The van der Waals surface area contributed by atoms with Crippen molar-refractivity contribution in [2.24, 2.45) is 0 Å². The summed E-state index contributed by atoms with van der Waals surface area (Å²) in [5.74, 6) is -1.35. The Morgan fingerprint density at radius 2 is 1.56 bits per heavy atom. The zero-order chi connectivity index (χ0) is 13.1. The summed E-state index contributed by atoms with van der Waals surface area (Å²) in [5, 5.41) is 0. The first kappa shape index (κ1) is 12.2. The normalized spacial score (nSPS) is 10.1. The molecule has 0 radical (unpaired) electrons. The van der Waals surface area contributed by atoms with E-state index in [4.69, 9.17) is 0 Å². The number of carbonyl (C=O) groups excluding carboxylic acids is 2. The van der Waals surface area contributed by atoms with E-state index < -0.39 is 11.6 Å². The van der Waals surface area contributed by atoms with Crippen LogP contribution in [0.15, 0.2) is 48.5 Å². The summed E-state index contributed by atoms with van der Waals surface area (Å²) in [6, 6.07) is 12.7. The van der Waals surface area contributed by atoms with E-state index in [1.807, 2.05) is 0 Å². The van der Waals surface area contributed by atoms with Crippen LogP contribution < -0.4 is 0 Å². The molecule has 0 fully saturated rings. The number of halogens is 1. The van der Waals surface area contributed by atoms with Crippen molar-refractivity contribution in [1.82, 2.24) is 0 Å². The monoisotopic (exact) mass is 242 g/mol. The highest BCUT2D eigenvalue weighted by Crippen LogP contribution is 2.22. The van der Waals surface area contributed by atoms with E-state index >= 15 is 0 Å². The first-order valence-electron chi connectivity index (χ1n) is 5.50. The van der Waals surface area contributed by atoms with Gasteiger partial charge in [-0.2, -0.15) is 0 Å². The zero-order valence-electron chi connectivity index (χ0n) is 9.81. The number of ketones is 2. The quantitative estimate of drug-likeness (QED) is 0.611. The van der Waals surface area contributed by atoms with Gasteiger partial charge in [-0.15, -0.1) is 0 Å². The minimum atomic E-state index is -0.532. The lowest BCUT2D eigenvalue weighted by Gasteiger charge is -2.04. The topological polar surface area (TPSA) is 34.1 Å². The lowest BCUT2D eigenvalue weighted by Crippen LogP contribution is -2.09. The molecule has 0 heterocycles. The predicted molar refractivity (Wildman–Crippen MR) is 66.8 cm³/mol. The van der Waals surface area contributed by atoms with Crippen LogP contribution >= 0.6 is 0 Å². The van der Waals surface area contributed by atoms with Crippen molar-refractivity contribution in [3.63, 3.8) is 0 Å². The number of hydrogen-bond acceptors (Lipinski definition) is 2. The van der Waals surface area contributed by atoms with Gasteiger partial charge in [0, 0.05) is 18.1 Å². The van der Waals surface area contributed by atoms with Crippen molar-refractivity contribution >= 4 is 11.6 Å². The molecule has 90 valence electrons. The fourth-order valence-electron chi connectivity index (χ4n) is 1.70. The number of Topliss-reactive ketones (excluding diaryl/α,β-unsaturated/α-hetero) is 2. The van der Waals surface area contributed by atoms with Gasteiger partial charge in [0.25, 0.3) is 0 Å². The molecule has 0 aliphatic rings. The summed E-state index contributed by atoms with van der Waals surface area (Å²) in [6.07, 6.45) is 0. The van der Waals surface area contributed by atoms with Crippen molar-refractivity contribution in [1.29, 1.82) is 0 Å². The Hall–Kier alpha value is -2.29. The van der Waals surface area contributed by atoms with Crippen LogP contribution in [0.1, 0.15) is 17.3 Å². The van der Waals surface area contributed by atoms with Gasteiger partial charge in [-0.3, -0.25) is 9.59 Å². The summed E-state index contributed by atoms with van der Waals surface area (Å²) in [6.45, 7) is 1.23. The highest BCUT2D eigenvalue weighted by molar-refractivity contribution is 6.42. The van der Waals surface area contributed by atoms with Gasteiger partial charge >= 0.3 is 0 Å². The largest absolute Gasteiger partial charge is 0.291 e. The van der Waals surface area contributed by atoms with Gasteiger partial charge < -0.3 is 0 Å². The van der Waals surface area contributed by atoms with Crippen LogP contribution in [0.2, 0.25) is 0 Å². The minimum Gasteiger partial charge on any atom is -0.291 e. The molecule has 0 unspecified atom stereocenters. The highest BCUT2D eigenvalue weighted by Gasteiger charge is 2.11. The highest BCUT2D eigenvalue weighted by atomic mass is 19.1. The zero-order valence-corrected chi connectivity index (χ0v) is 9.81. The van der Waals surface area contributed by atoms with E-state index in [1.165, 1.54) is 25.1 Å². The Bertz CT molecular complexity index is 600. The van der Waals surface area contributed by atoms with Gasteiger partial charge in [-0.25, -0.2) is 4.39 Å². The van der Waals surface area contributed by atoms with Crippen LogP contribution in [0.3, 0.4) is 0 Å². The maximum absolute atomic E-state index is 13.5. The lowest BCUT2D eigenvalue weighted by atomic mass is 10.0. The summed E-state index contributed by atoms with van der Waals surface area (Å²) >= 11 is 0. The lowest BCUT2D eigenvalue weighted by molar-refractivity contribution is -0.113. The number of hydrogen-bond donors (Lipinski definition) is 0. The minimum absolute atomic E-state index is 0.317. The van der Waals surface area contributed by atoms with Gasteiger partial charge in [0.2, 0.25) is 5.78 Å². The van der Waals surface area contributed by atoms with Gasteiger partial charge in [0.15, 0.2) is 5.78 Å². The number of rotatable bonds is 3. The Balaban J connectivity index is 2.37. The summed E-state index contributed by atoms with van der Waals surface area (Å²) < 4.78 is 13.5. The molecule has 0 aliphatic carbocycles. The standard InChI is InChI=1S/C15H11FO2/c1-10(17)15(18)12-8-6-11(7-9-12)13-4-2-3-5-14(13)16/h2-9H,1H3. The second-order valence-electron chi connectivity index (χ2n) is 3.94. The van der Waals surface area contributed by atoms with Gasteiger partial charge in [-0.1, -0.05) is 42.5 Å². The molecule has 2 rings (SSSR count). The van der Waals surface area contributed by atoms with Crippen LogP contribution in [0.4, 0.5) is 4.39 Å². The van der Waals surface area contributed by atoms with Crippen molar-refractivity contribution in [2.75, 3.05) is 0 Å². The molecule has 0 bridgehead atoms. The third kappa shape index (κ3) is 2.35. The molecule has 0 N–H and O–H groups in total. The Kier molecular flexibility index (Phi) is 3.33. The van der Waals surface area contributed by atoms with E-state index in [9.17, 15) is 14.0 Å². The van der Waals surface area contributed by atoms with Crippen molar-refractivity contribution in [3.05, 3.63) is 59.9 Å². The first-order chi connectivity index (χ1) is 8.59. The van der Waals surface area contributed by atoms with Crippen molar-refractivity contribution in [2.45, 2.75) is 6.92 Å². The molecule has 2 aromatic carbocycles. The molecule has 2 aromatic rings. The van der Waals surface area contributed by atoms with Gasteiger partial charge in [0.1, 0.15) is 5.82 Å². The molecule has 0 amide bonds. The van der Waals surface area contributed by atoms with Crippen molar-refractivity contribution in [3.8, 4) is 11.1 Å². The van der Waals surface area contributed by atoms with E-state index in [0.29, 0.717) is 16.7 Å². The van der Waals surface area contributed by atoms with Gasteiger partial charge in [0.05, 0.1) is 0 Å². The number of benzene rings is 2. The van der Waals surface area contributed by atoms with E-state index in [2.05, 4.69) is 0 Å². The molecule has 3 heteroatoms. The average molecular weight is 242 g/mol. The second-order valence-corrected chi connectivity index (χ2v) is 3.94. The molecular weight excluding hydrogens is 231 g/mol. The van der Waals surface area contributed by atoms with Crippen LogP contribution in [0, 0.1) is 5.82 Å². The molecule has 0 saturated heterocycles. The average Bonchev–Trinajstić information content (AvgIpc) is 2.38. The Morgan fingerprint density at radius 3 is 2.11 bits per heavy atom. The molecule has 0 saturated carbocycles. The third-order valence-corrected chi connectivity index (χ3v) is 2.65. The van der Waals surface area contributed by atoms with Crippen LogP contribution in [0.25, 0.3) is 11.1 Å². The van der Waals surface area contributed by atoms with Crippen LogP contribution in [-0.2, 0) is 4.79 Å². The van der Waals surface area contributed by atoms with E-state index in [-0.39, 0.29) is 5.82 Å².